The van der Waals surface area contributed by atoms with Crippen LogP contribution in [0, 0.1) is 5.82 Å². The van der Waals surface area contributed by atoms with Gasteiger partial charge in [0.2, 0.25) is 0 Å². The van der Waals surface area contributed by atoms with Crippen LogP contribution in [0.5, 0.6) is 0 Å². The minimum atomic E-state index is -0.355. The zero-order valence-electron chi connectivity index (χ0n) is 6.18. The van der Waals surface area contributed by atoms with Crippen LogP contribution in [0.4, 0.5) is 4.39 Å². The van der Waals surface area contributed by atoms with E-state index in [0.29, 0.717) is 5.56 Å². The number of ketones is 1. The second-order valence-electron chi connectivity index (χ2n) is 2.24. The van der Waals surface area contributed by atoms with Crippen LogP contribution in [0.2, 0.25) is 0 Å². The van der Waals surface area contributed by atoms with Gasteiger partial charge in [-0.2, -0.15) is 0 Å². The van der Waals surface area contributed by atoms with E-state index in [2.05, 4.69) is 22.5 Å². The first-order valence-electron chi connectivity index (χ1n) is 3.26. The molecule has 0 aromatic heterocycles. The van der Waals surface area contributed by atoms with Gasteiger partial charge in [-0.15, -0.1) is 0 Å². The molecule has 1 aromatic carbocycles. The fraction of sp³-hybridized carbons (Fsp3) is 0. The summed E-state index contributed by atoms with van der Waals surface area (Å²) in [7, 11) is 0. The van der Waals surface area contributed by atoms with Gasteiger partial charge in [-0.1, -0.05) is 6.58 Å². The van der Waals surface area contributed by atoms with Gasteiger partial charge in [-0.05, 0) is 40.2 Å². The van der Waals surface area contributed by atoms with Crippen molar-refractivity contribution >= 4 is 21.7 Å². The van der Waals surface area contributed by atoms with Gasteiger partial charge in [0, 0.05) is 5.56 Å². The van der Waals surface area contributed by atoms with Gasteiger partial charge < -0.3 is 0 Å². The molecule has 0 aliphatic rings. The van der Waals surface area contributed by atoms with Crippen molar-refractivity contribution < 1.29 is 9.18 Å². The lowest BCUT2D eigenvalue weighted by atomic mass is 10.1. The summed E-state index contributed by atoms with van der Waals surface area (Å²) in [5.74, 6) is -0.582. The van der Waals surface area contributed by atoms with E-state index >= 15 is 0 Å². The Morgan fingerprint density at radius 3 is 2.25 bits per heavy atom. The topological polar surface area (TPSA) is 17.1 Å². The molecule has 0 bridgehead atoms. The Morgan fingerprint density at radius 2 is 1.83 bits per heavy atom. The molecule has 0 unspecified atom stereocenters. The lowest BCUT2D eigenvalue weighted by Gasteiger charge is -1.96. The quantitative estimate of drug-likeness (QED) is 0.562. The molecule has 0 aliphatic heterocycles. The highest BCUT2D eigenvalue weighted by molar-refractivity contribution is 9.12. The molecule has 0 fully saturated rings. The molecule has 12 heavy (non-hydrogen) atoms. The predicted octanol–water partition coefficient (Wildman–Crippen LogP) is 2.92. The van der Waals surface area contributed by atoms with E-state index in [9.17, 15) is 9.18 Å². The van der Waals surface area contributed by atoms with Crippen LogP contribution in [-0.2, 0) is 0 Å². The summed E-state index contributed by atoms with van der Waals surface area (Å²) >= 11 is 2.96. The van der Waals surface area contributed by atoms with E-state index in [-0.39, 0.29) is 16.1 Å². The molecule has 0 amide bonds. The van der Waals surface area contributed by atoms with Crippen molar-refractivity contribution in [1.29, 1.82) is 0 Å². The summed E-state index contributed by atoms with van der Waals surface area (Å²) in [4.78, 5) is 11.2. The number of Topliss-reactive ketones (excluding diaryl/α,β-unsaturated/α-hetero) is 1. The maximum Gasteiger partial charge on any atom is 0.199 e. The second kappa shape index (κ2) is 3.63. The highest BCUT2D eigenvalue weighted by Crippen LogP contribution is 2.12. The summed E-state index contributed by atoms with van der Waals surface area (Å²) in [5, 5.41) is 0. The number of carbonyl (C=O) groups is 1. The molecule has 0 saturated heterocycles. The number of allylic oxidation sites excluding steroid dienone is 1. The van der Waals surface area contributed by atoms with Crippen LogP contribution in [0.1, 0.15) is 10.4 Å². The molecule has 0 atom stereocenters. The van der Waals surface area contributed by atoms with Gasteiger partial charge in [0.05, 0.1) is 4.48 Å². The van der Waals surface area contributed by atoms with Crippen LogP contribution in [0.25, 0.3) is 0 Å². The van der Waals surface area contributed by atoms with E-state index < -0.39 is 0 Å². The van der Waals surface area contributed by atoms with Gasteiger partial charge in [0.1, 0.15) is 5.82 Å². The minimum Gasteiger partial charge on any atom is -0.288 e. The van der Waals surface area contributed by atoms with Gasteiger partial charge >= 0.3 is 0 Å². The SMILES string of the molecule is C=C(Br)C(=O)c1ccc(F)cc1. The van der Waals surface area contributed by atoms with E-state index in [1.807, 2.05) is 0 Å². The van der Waals surface area contributed by atoms with Crippen LogP contribution < -0.4 is 0 Å². The summed E-state index contributed by atoms with van der Waals surface area (Å²) in [6.45, 7) is 3.43. The minimum absolute atomic E-state index is 0.227. The molecule has 0 N–H and O–H groups in total. The monoisotopic (exact) mass is 228 g/mol. The maximum absolute atomic E-state index is 12.4. The van der Waals surface area contributed by atoms with Crippen LogP contribution in [0.15, 0.2) is 35.3 Å². The van der Waals surface area contributed by atoms with E-state index in [4.69, 9.17) is 0 Å². The van der Waals surface area contributed by atoms with Crippen molar-refractivity contribution in [3.05, 3.63) is 46.7 Å². The summed E-state index contributed by atoms with van der Waals surface area (Å²) in [6, 6.07) is 5.32. The molecular formula is C9H6BrFO. The molecule has 1 nitrogen and oxygen atoms in total. The molecule has 0 saturated carbocycles. The third kappa shape index (κ3) is 2.01. The molecule has 3 heteroatoms. The standard InChI is InChI=1S/C9H6BrFO/c1-6(10)9(12)7-2-4-8(11)5-3-7/h2-5H,1H2. The third-order valence-corrected chi connectivity index (χ3v) is 1.71. The summed E-state index contributed by atoms with van der Waals surface area (Å²) < 4.78 is 12.7. The highest BCUT2D eigenvalue weighted by Gasteiger charge is 2.06. The first-order valence-corrected chi connectivity index (χ1v) is 4.05. The first kappa shape index (κ1) is 9.13. The van der Waals surface area contributed by atoms with Gasteiger partial charge in [0.25, 0.3) is 0 Å². The number of rotatable bonds is 2. The van der Waals surface area contributed by atoms with E-state index in [0.717, 1.165) is 0 Å². The molecule has 0 heterocycles. The van der Waals surface area contributed by atoms with Crippen molar-refractivity contribution in [3.63, 3.8) is 0 Å². The summed E-state index contributed by atoms with van der Waals surface area (Å²) in [5.41, 5.74) is 0.429. The van der Waals surface area contributed by atoms with Crippen LogP contribution in [-0.4, -0.2) is 5.78 Å². The fourth-order valence-corrected chi connectivity index (χ4v) is 0.987. The zero-order valence-corrected chi connectivity index (χ0v) is 7.77. The van der Waals surface area contributed by atoms with Crippen molar-refractivity contribution in [2.45, 2.75) is 0 Å². The zero-order chi connectivity index (χ0) is 9.14. The molecule has 0 aliphatic carbocycles. The lowest BCUT2D eigenvalue weighted by molar-refractivity contribution is 0.104. The molecule has 62 valence electrons. The molecular weight excluding hydrogens is 223 g/mol. The normalized spacial score (nSPS) is 9.50. The lowest BCUT2D eigenvalue weighted by Crippen LogP contribution is -1.96. The Balaban J connectivity index is 2.98. The fourth-order valence-electron chi connectivity index (χ4n) is 0.758. The van der Waals surface area contributed by atoms with Crippen molar-refractivity contribution in [2.24, 2.45) is 0 Å². The molecule has 0 spiro atoms. The van der Waals surface area contributed by atoms with E-state index in [1.54, 1.807) is 0 Å². The number of benzene rings is 1. The van der Waals surface area contributed by atoms with Crippen LogP contribution >= 0.6 is 15.9 Å². The molecule has 1 aromatic rings. The van der Waals surface area contributed by atoms with Crippen molar-refractivity contribution in [1.82, 2.24) is 0 Å². The number of hydrogen-bond acceptors (Lipinski definition) is 1. The number of hydrogen-bond donors (Lipinski definition) is 0. The first-order chi connectivity index (χ1) is 5.61. The second-order valence-corrected chi connectivity index (χ2v) is 3.20. The summed E-state index contributed by atoms with van der Waals surface area (Å²) in [6.07, 6.45) is 0. The number of carbonyl (C=O) groups excluding carboxylic acids is 1. The van der Waals surface area contributed by atoms with E-state index in [1.165, 1.54) is 24.3 Å². The largest absolute Gasteiger partial charge is 0.288 e. The van der Waals surface area contributed by atoms with Crippen molar-refractivity contribution in [3.8, 4) is 0 Å². The Hall–Kier alpha value is -0.960. The predicted molar refractivity (Wildman–Crippen MR) is 48.8 cm³/mol. The third-order valence-electron chi connectivity index (χ3n) is 1.35. The smallest absolute Gasteiger partial charge is 0.199 e. The Kier molecular flexibility index (Phi) is 2.76. The average molecular weight is 229 g/mol. The van der Waals surface area contributed by atoms with Gasteiger partial charge in [0.15, 0.2) is 5.78 Å². The highest BCUT2D eigenvalue weighted by atomic mass is 79.9. The average Bonchev–Trinajstić information content (AvgIpc) is 2.04. The number of halogens is 2. The molecule has 0 radical (unpaired) electrons. The Morgan fingerprint density at radius 1 is 1.33 bits per heavy atom. The van der Waals surface area contributed by atoms with Gasteiger partial charge in [-0.3, -0.25) is 4.79 Å². The maximum atomic E-state index is 12.4. The Bertz CT molecular complexity index is 316. The van der Waals surface area contributed by atoms with Crippen molar-refractivity contribution in [2.75, 3.05) is 0 Å². The van der Waals surface area contributed by atoms with Gasteiger partial charge in [-0.25, -0.2) is 4.39 Å². The molecule has 1 rings (SSSR count). The Labute approximate surface area is 78.0 Å². The van der Waals surface area contributed by atoms with Crippen LogP contribution in [0.3, 0.4) is 0 Å².